The molecule has 4 heterocycles. The summed E-state index contributed by atoms with van der Waals surface area (Å²) in [6.45, 7) is 23.5. The second-order valence-electron chi connectivity index (χ2n) is 23.3. The van der Waals surface area contributed by atoms with Crippen LogP contribution in [-0.4, -0.2) is 94.8 Å². The lowest BCUT2D eigenvalue weighted by Gasteiger charge is -2.47. The van der Waals surface area contributed by atoms with Gasteiger partial charge in [0.25, 0.3) is 0 Å². The summed E-state index contributed by atoms with van der Waals surface area (Å²) in [6, 6.07) is 24.1. The van der Waals surface area contributed by atoms with Crippen molar-refractivity contribution in [3.63, 3.8) is 0 Å². The Morgan fingerprint density at radius 1 is 0.500 bits per heavy atom. The highest BCUT2D eigenvalue weighted by molar-refractivity contribution is 9.10. The van der Waals surface area contributed by atoms with Crippen molar-refractivity contribution in [2.75, 3.05) is 36.0 Å². The summed E-state index contributed by atoms with van der Waals surface area (Å²) in [4.78, 5) is 60.2. The molecular formula is C56H68Br2F2N4O8. The van der Waals surface area contributed by atoms with E-state index < -0.39 is 57.6 Å². The summed E-state index contributed by atoms with van der Waals surface area (Å²) in [6.07, 6.45) is 0.816. The number of nitrogens with zero attached hydrogens (tertiary/aromatic N) is 4. The lowest BCUT2D eigenvalue weighted by molar-refractivity contribution is 0.0179. The molecule has 2 fully saturated rings. The zero-order valence-corrected chi connectivity index (χ0v) is 46.6. The van der Waals surface area contributed by atoms with Gasteiger partial charge in [-0.2, -0.15) is 0 Å². The van der Waals surface area contributed by atoms with Crippen LogP contribution in [0.15, 0.2) is 93.9 Å². The molecule has 0 bridgehead atoms. The molecule has 4 atom stereocenters. The van der Waals surface area contributed by atoms with Gasteiger partial charge in [-0.15, -0.1) is 0 Å². The quantitative estimate of drug-likeness (QED) is 0.185. The van der Waals surface area contributed by atoms with E-state index in [4.69, 9.17) is 18.9 Å². The predicted molar refractivity (Wildman–Crippen MR) is 282 cm³/mol. The van der Waals surface area contributed by atoms with Crippen LogP contribution < -0.4 is 9.80 Å². The number of likely N-dealkylation sites (tertiary alicyclic amines) is 2. The van der Waals surface area contributed by atoms with Gasteiger partial charge < -0.3 is 28.7 Å². The number of fused-ring (bicyclic) bond motifs is 6. The molecule has 4 aliphatic heterocycles. The Morgan fingerprint density at radius 3 is 1.11 bits per heavy atom. The molecule has 4 aromatic carbocycles. The van der Waals surface area contributed by atoms with E-state index in [1.165, 1.54) is 24.3 Å². The van der Waals surface area contributed by atoms with Crippen LogP contribution in [0.1, 0.15) is 118 Å². The number of halogens is 4. The minimum absolute atomic E-state index is 0.263. The number of benzene rings is 4. The van der Waals surface area contributed by atoms with Gasteiger partial charge in [0.2, 0.25) is 0 Å². The molecule has 0 N–H and O–H groups in total. The Hall–Kier alpha value is -5.22. The maximum Gasteiger partial charge on any atom is 0.414 e. The zero-order chi connectivity index (χ0) is 52.9. The molecule has 4 aliphatic rings. The maximum absolute atomic E-state index is 13.7. The van der Waals surface area contributed by atoms with E-state index >= 15 is 0 Å². The van der Waals surface area contributed by atoms with E-state index in [1.54, 1.807) is 43.9 Å². The number of rotatable bonds is 4. The first-order valence-corrected chi connectivity index (χ1v) is 26.0. The highest BCUT2D eigenvalue weighted by Gasteiger charge is 2.58. The summed E-state index contributed by atoms with van der Waals surface area (Å²) in [5.74, 6) is -0.586. The first-order valence-electron chi connectivity index (χ1n) is 24.5. The lowest BCUT2D eigenvalue weighted by atomic mass is 9.67. The van der Waals surface area contributed by atoms with Crippen molar-refractivity contribution in [3.8, 4) is 0 Å². The van der Waals surface area contributed by atoms with Crippen LogP contribution in [0.4, 0.5) is 39.3 Å². The molecule has 4 amide bonds. The number of hydrogen-bond donors (Lipinski definition) is 0. The van der Waals surface area contributed by atoms with Crippen LogP contribution in [0.2, 0.25) is 0 Å². The molecule has 12 nitrogen and oxygen atoms in total. The Kier molecular flexibility index (Phi) is 15.3. The third-order valence-corrected chi connectivity index (χ3v) is 14.2. The van der Waals surface area contributed by atoms with Crippen molar-refractivity contribution >= 4 is 67.6 Å². The number of carbonyl (C=O) groups is 4. The fourth-order valence-corrected chi connectivity index (χ4v) is 11.2. The molecule has 0 saturated carbocycles. The fourth-order valence-electron chi connectivity index (χ4n) is 10.5. The normalized spacial score (nSPS) is 21.6. The predicted octanol–water partition coefficient (Wildman–Crippen LogP) is 13.7. The van der Waals surface area contributed by atoms with Gasteiger partial charge in [0, 0.05) is 32.9 Å². The van der Waals surface area contributed by atoms with Crippen LogP contribution >= 0.6 is 31.9 Å². The van der Waals surface area contributed by atoms with E-state index in [-0.39, 0.29) is 36.8 Å². The Bertz CT molecular complexity index is 2490. The van der Waals surface area contributed by atoms with Crippen molar-refractivity contribution in [2.45, 2.75) is 154 Å². The number of hydrogen-bond acceptors (Lipinski definition) is 8. The summed E-state index contributed by atoms with van der Waals surface area (Å²) in [7, 11) is 0. The summed E-state index contributed by atoms with van der Waals surface area (Å²) >= 11 is 7.11. The Labute approximate surface area is 439 Å². The van der Waals surface area contributed by atoms with Gasteiger partial charge in [0.15, 0.2) is 0 Å². The second-order valence-corrected chi connectivity index (χ2v) is 25.1. The molecule has 2 saturated heterocycles. The van der Waals surface area contributed by atoms with E-state index in [2.05, 4.69) is 31.9 Å². The van der Waals surface area contributed by atoms with Crippen LogP contribution in [-0.2, 0) is 42.6 Å². The highest BCUT2D eigenvalue weighted by atomic mass is 79.9. The van der Waals surface area contributed by atoms with Gasteiger partial charge in [-0.05, 0) is 180 Å². The zero-order valence-electron chi connectivity index (χ0n) is 43.5. The molecule has 8 rings (SSSR count). The standard InChI is InChI=1S/2C28H34BrFN2O4/c2*1-26(2,3)35-24(33)31-14-13-28(16-18-7-10-20(30)11-8-18)21-12-9-19(29)15-22(21)32(17-23(28)31)25(34)36-27(4,5)6/h2*7-12,15,23H,13-14,16-17H2,1-6H3. The number of carbonyl (C=O) groups excluding carboxylic acids is 4. The van der Waals surface area contributed by atoms with Crippen LogP contribution in [0.5, 0.6) is 0 Å². The second kappa shape index (κ2) is 20.2. The molecule has 16 heteroatoms. The molecular weight excluding hydrogens is 1050 g/mol. The summed E-state index contributed by atoms with van der Waals surface area (Å²) < 4.78 is 52.1. The van der Waals surface area contributed by atoms with Crippen molar-refractivity contribution in [1.82, 2.24) is 9.80 Å². The smallest absolute Gasteiger partial charge is 0.414 e. The van der Waals surface area contributed by atoms with Crippen LogP contribution in [0.25, 0.3) is 0 Å². The molecule has 388 valence electrons. The minimum Gasteiger partial charge on any atom is -0.444 e. The van der Waals surface area contributed by atoms with Crippen LogP contribution in [0, 0.1) is 11.6 Å². The SMILES string of the molecule is CC(C)(C)OC(=O)N1CC2N(C(=O)OC(C)(C)C)CCC2(Cc2ccc(F)cc2)c2ccc(Br)cc21.CC(C)(C)OC(=O)N1CC2N(C(=O)OC(C)(C)C)CCC2(Cc2ccc(F)cc2)c2ccc(Br)cc21. The first kappa shape index (κ1) is 54.6. The van der Waals surface area contributed by atoms with Gasteiger partial charge in [-0.3, -0.25) is 9.80 Å². The third kappa shape index (κ3) is 12.2. The van der Waals surface area contributed by atoms with Gasteiger partial charge in [-0.1, -0.05) is 68.3 Å². The van der Waals surface area contributed by atoms with E-state index in [0.29, 0.717) is 38.8 Å². The molecule has 0 spiro atoms. The van der Waals surface area contributed by atoms with E-state index in [1.807, 2.05) is 119 Å². The summed E-state index contributed by atoms with van der Waals surface area (Å²) in [5, 5.41) is 0. The lowest BCUT2D eigenvalue weighted by Crippen LogP contribution is -2.58. The molecule has 4 aromatic rings. The van der Waals surface area contributed by atoms with Gasteiger partial charge in [0.1, 0.15) is 34.0 Å². The highest BCUT2D eigenvalue weighted by Crippen LogP contribution is 2.53. The van der Waals surface area contributed by atoms with E-state index in [0.717, 1.165) is 42.6 Å². The minimum atomic E-state index is -0.674. The van der Waals surface area contributed by atoms with Crippen molar-refractivity contribution in [3.05, 3.63) is 128 Å². The van der Waals surface area contributed by atoms with Crippen molar-refractivity contribution < 1.29 is 46.9 Å². The largest absolute Gasteiger partial charge is 0.444 e. The molecule has 0 aliphatic carbocycles. The molecule has 0 aromatic heterocycles. The molecule has 72 heavy (non-hydrogen) atoms. The Balaban J connectivity index is 0.000000211. The summed E-state index contributed by atoms with van der Waals surface area (Å²) in [5.41, 5.74) is 1.74. The molecule has 4 unspecified atom stereocenters. The topological polar surface area (TPSA) is 118 Å². The van der Waals surface area contributed by atoms with Gasteiger partial charge in [-0.25, -0.2) is 28.0 Å². The van der Waals surface area contributed by atoms with Crippen LogP contribution in [0.3, 0.4) is 0 Å². The number of anilines is 2. The average molecular weight is 1120 g/mol. The Morgan fingerprint density at radius 2 is 0.806 bits per heavy atom. The third-order valence-electron chi connectivity index (χ3n) is 13.3. The maximum atomic E-state index is 13.7. The van der Waals surface area contributed by atoms with Gasteiger partial charge in [0.05, 0.1) is 36.5 Å². The average Bonchev–Trinajstić information content (AvgIpc) is 3.81. The molecule has 0 radical (unpaired) electrons. The van der Waals surface area contributed by atoms with Gasteiger partial charge >= 0.3 is 24.4 Å². The van der Waals surface area contributed by atoms with E-state index in [9.17, 15) is 28.0 Å². The number of ether oxygens (including phenoxy) is 4. The first-order chi connectivity index (χ1) is 33.4. The monoisotopic (exact) mass is 1120 g/mol. The fraction of sp³-hybridized carbons (Fsp3) is 0.500. The van der Waals surface area contributed by atoms with Crippen molar-refractivity contribution in [2.24, 2.45) is 0 Å². The number of amides is 4. The van der Waals surface area contributed by atoms with Crippen molar-refractivity contribution in [1.29, 1.82) is 0 Å².